The van der Waals surface area contributed by atoms with E-state index in [9.17, 15) is 4.79 Å². The van der Waals surface area contributed by atoms with Gasteiger partial charge in [0, 0.05) is 34.6 Å². The molecule has 0 bridgehead atoms. The summed E-state index contributed by atoms with van der Waals surface area (Å²) in [5.74, 6) is 0.619. The molecule has 8 nitrogen and oxygen atoms in total. The van der Waals surface area contributed by atoms with Gasteiger partial charge < -0.3 is 9.55 Å². The van der Waals surface area contributed by atoms with Crippen molar-refractivity contribution in [3.8, 4) is 28.2 Å². The van der Waals surface area contributed by atoms with E-state index < -0.39 is 0 Å². The van der Waals surface area contributed by atoms with Gasteiger partial charge in [-0.1, -0.05) is 46.1 Å². The quantitative estimate of drug-likeness (QED) is 0.350. The normalized spacial score (nSPS) is 14.9. The average Bonchev–Trinajstić information content (AvgIpc) is 3.58. The fourth-order valence-corrected chi connectivity index (χ4v) is 5.01. The Balaban J connectivity index is 1.42. The van der Waals surface area contributed by atoms with Gasteiger partial charge in [0.1, 0.15) is 11.5 Å². The van der Waals surface area contributed by atoms with E-state index in [0.29, 0.717) is 45.9 Å². The van der Waals surface area contributed by atoms with Crippen molar-refractivity contribution in [1.29, 1.82) is 0 Å². The van der Waals surface area contributed by atoms with E-state index in [1.165, 1.54) is 0 Å². The van der Waals surface area contributed by atoms with Crippen molar-refractivity contribution in [2.45, 2.75) is 18.9 Å². The number of nitrogens with one attached hydrogen (secondary N) is 1. The summed E-state index contributed by atoms with van der Waals surface area (Å²) in [5.41, 5.74) is 4.21. The van der Waals surface area contributed by atoms with E-state index in [1.54, 1.807) is 52.0 Å². The van der Waals surface area contributed by atoms with Crippen LogP contribution in [0.25, 0.3) is 28.2 Å². The van der Waals surface area contributed by atoms with Gasteiger partial charge in [-0.3, -0.25) is 9.78 Å². The molecule has 0 fully saturated rings. The van der Waals surface area contributed by atoms with Crippen LogP contribution in [-0.4, -0.2) is 34.5 Å². The zero-order valence-electron chi connectivity index (χ0n) is 17.9. The molecule has 1 aliphatic heterocycles. The molecule has 1 atom stereocenters. The van der Waals surface area contributed by atoms with Gasteiger partial charge in [-0.05, 0) is 48.7 Å². The molecule has 0 spiro atoms. The Kier molecular flexibility index (Phi) is 5.44. The SMILES string of the molecule is O=c1cc(-c2cc(Cl)ccc2-n2cc(Cl)nn2)cc2n1[C@H](c1nc(Cl)c(-c3cc[c]cn3)[nH]1)CC2. The van der Waals surface area contributed by atoms with Gasteiger partial charge in [0.25, 0.3) is 5.56 Å². The molecular weight excluding hydrogens is 509 g/mol. The lowest BCUT2D eigenvalue weighted by atomic mass is 10.0. The van der Waals surface area contributed by atoms with Crippen LogP contribution < -0.4 is 5.56 Å². The minimum absolute atomic E-state index is 0.149. The first kappa shape index (κ1) is 22.0. The smallest absolute Gasteiger partial charge is 0.252 e. The summed E-state index contributed by atoms with van der Waals surface area (Å²) in [6, 6.07) is 15.1. The van der Waals surface area contributed by atoms with Gasteiger partial charge in [-0.2, -0.15) is 0 Å². The number of hydrogen-bond donors (Lipinski definition) is 1. The zero-order valence-corrected chi connectivity index (χ0v) is 20.2. The lowest BCUT2D eigenvalue weighted by Crippen LogP contribution is -2.24. The molecule has 1 aromatic carbocycles. The Morgan fingerprint density at radius 1 is 1.11 bits per heavy atom. The molecule has 35 heavy (non-hydrogen) atoms. The van der Waals surface area contributed by atoms with E-state index >= 15 is 0 Å². The van der Waals surface area contributed by atoms with Crippen molar-refractivity contribution in [1.82, 2.24) is 34.5 Å². The van der Waals surface area contributed by atoms with Crippen LogP contribution in [0.5, 0.6) is 0 Å². The number of hydrogen-bond acceptors (Lipinski definition) is 5. The Bertz CT molecular complexity index is 1620. The van der Waals surface area contributed by atoms with E-state index in [1.807, 2.05) is 12.1 Å². The third-order valence-electron chi connectivity index (χ3n) is 5.98. The number of aromatic amines is 1. The first-order valence-electron chi connectivity index (χ1n) is 10.7. The Morgan fingerprint density at radius 2 is 2.00 bits per heavy atom. The monoisotopic (exact) mass is 522 g/mol. The summed E-state index contributed by atoms with van der Waals surface area (Å²) in [5, 5.41) is 9.03. The molecule has 5 heterocycles. The Morgan fingerprint density at radius 3 is 2.77 bits per heavy atom. The average molecular weight is 524 g/mol. The molecule has 0 aliphatic carbocycles. The van der Waals surface area contributed by atoms with Crippen LogP contribution in [0.15, 0.2) is 59.7 Å². The van der Waals surface area contributed by atoms with Crippen LogP contribution in [0.2, 0.25) is 15.3 Å². The number of pyridine rings is 2. The number of imidazole rings is 1. The summed E-state index contributed by atoms with van der Waals surface area (Å²) >= 11 is 18.7. The summed E-state index contributed by atoms with van der Waals surface area (Å²) < 4.78 is 3.31. The summed E-state index contributed by atoms with van der Waals surface area (Å²) in [6.07, 6.45) is 4.58. The number of fused-ring (bicyclic) bond motifs is 1. The minimum Gasteiger partial charge on any atom is -0.338 e. The zero-order chi connectivity index (χ0) is 24.1. The number of nitrogens with zero attached hydrogens (tertiary/aromatic N) is 6. The molecule has 0 saturated carbocycles. The predicted octanol–water partition coefficient (Wildman–Crippen LogP) is 5.18. The molecule has 6 rings (SSSR count). The minimum atomic E-state index is -0.263. The molecule has 11 heteroatoms. The lowest BCUT2D eigenvalue weighted by Gasteiger charge is -2.15. The first-order chi connectivity index (χ1) is 17.0. The fourth-order valence-electron chi connectivity index (χ4n) is 4.47. The summed E-state index contributed by atoms with van der Waals surface area (Å²) in [4.78, 5) is 25.4. The first-order valence-corrected chi connectivity index (χ1v) is 11.8. The highest BCUT2D eigenvalue weighted by atomic mass is 35.5. The maximum absolute atomic E-state index is 13.4. The van der Waals surface area contributed by atoms with Crippen LogP contribution in [0, 0.1) is 6.07 Å². The number of aromatic nitrogens is 7. The highest BCUT2D eigenvalue weighted by Crippen LogP contribution is 2.35. The van der Waals surface area contributed by atoms with Gasteiger partial charge >= 0.3 is 0 Å². The van der Waals surface area contributed by atoms with Crippen molar-refractivity contribution in [3.05, 3.63) is 98.1 Å². The molecule has 5 aromatic rings. The largest absolute Gasteiger partial charge is 0.338 e. The van der Waals surface area contributed by atoms with E-state index in [4.69, 9.17) is 34.8 Å². The number of benzene rings is 1. The second kappa shape index (κ2) is 8.64. The molecule has 1 radical (unpaired) electrons. The third-order valence-corrected chi connectivity index (χ3v) is 6.66. The Hall–Kier alpha value is -3.46. The van der Waals surface area contributed by atoms with Gasteiger partial charge in [-0.15, -0.1) is 5.10 Å². The van der Waals surface area contributed by atoms with Crippen LogP contribution in [0.1, 0.15) is 24.0 Å². The van der Waals surface area contributed by atoms with Crippen molar-refractivity contribution in [2.24, 2.45) is 0 Å². The maximum atomic E-state index is 13.4. The summed E-state index contributed by atoms with van der Waals surface area (Å²) in [6.45, 7) is 0. The predicted molar refractivity (Wildman–Crippen MR) is 133 cm³/mol. The number of rotatable bonds is 4. The number of H-pyrrole nitrogens is 1. The van der Waals surface area contributed by atoms with Crippen molar-refractivity contribution < 1.29 is 0 Å². The third kappa shape index (κ3) is 3.93. The topological polar surface area (TPSA) is 94.3 Å². The molecule has 0 amide bonds. The summed E-state index contributed by atoms with van der Waals surface area (Å²) in [7, 11) is 0. The standard InChI is InChI=1S/C24H15Cl3N7O/c25-14-4-6-18(33-12-20(26)31-32-33)16(11-14)13-9-15-5-7-19(34(15)21(35)10-13)24-29-22(23(27)30-24)17-3-1-2-8-28-17/h1,3-4,6,8-12,19H,5,7H2,(H,29,30)/t19-/m0/s1. The van der Waals surface area contributed by atoms with Crippen LogP contribution in [0.4, 0.5) is 0 Å². The number of halogens is 3. The van der Waals surface area contributed by atoms with Crippen LogP contribution >= 0.6 is 34.8 Å². The maximum Gasteiger partial charge on any atom is 0.252 e. The highest BCUT2D eigenvalue weighted by molar-refractivity contribution is 6.32. The van der Waals surface area contributed by atoms with Crippen LogP contribution in [-0.2, 0) is 6.42 Å². The second-order valence-electron chi connectivity index (χ2n) is 8.08. The van der Waals surface area contributed by atoms with E-state index in [2.05, 4.69) is 31.3 Å². The van der Waals surface area contributed by atoms with Crippen molar-refractivity contribution in [2.75, 3.05) is 0 Å². The van der Waals surface area contributed by atoms with E-state index in [0.717, 1.165) is 16.8 Å². The van der Waals surface area contributed by atoms with E-state index in [-0.39, 0.29) is 16.8 Å². The van der Waals surface area contributed by atoms with Crippen molar-refractivity contribution >= 4 is 34.8 Å². The molecule has 4 aromatic heterocycles. The lowest BCUT2D eigenvalue weighted by molar-refractivity contribution is 0.572. The molecule has 1 aliphatic rings. The molecule has 173 valence electrons. The molecule has 0 saturated heterocycles. The van der Waals surface area contributed by atoms with Gasteiger partial charge in [0.2, 0.25) is 0 Å². The van der Waals surface area contributed by atoms with Gasteiger partial charge in [0.15, 0.2) is 10.3 Å². The van der Waals surface area contributed by atoms with Gasteiger partial charge in [0.05, 0.1) is 23.6 Å². The molecular formula is C24H15Cl3N7O. The second-order valence-corrected chi connectivity index (χ2v) is 9.26. The van der Waals surface area contributed by atoms with Gasteiger partial charge in [-0.25, -0.2) is 9.67 Å². The van der Waals surface area contributed by atoms with Crippen LogP contribution in [0.3, 0.4) is 0 Å². The van der Waals surface area contributed by atoms with Crippen molar-refractivity contribution in [3.63, 3.8) is 0 Å². The Labute approximate surface area is 214 Å². The molecule has 1 N–H and O–H groups in total. The fraction of sp³-hybridized carbons (Fsp3) is 0.125. The number of aryl methyl sites for hydroxylation is 1. The molecule has 0 unspecified atom stereocenters. The highest BCUT2D eigenvalue weighted by Gasteiger charge is 2.29.